The molecule has 2 aliphatic rings. The van der Waals surface area contributed by atoms with Crippen LogP contribution in [0.2, 0.25) is 0 Å². The topological polar surface area (TPSA) is 109 Å². The van der Waals surface area contributed by atoms with Gasteiger partial charge in [-0.05, 0) is 0 Å². The van der Waals surface area contributed by atoms with Crippen LogP contribution in [0.4, 0.5) is 0 Å². The molecule has 9 rings (SSSR count). The first-order valence-electron chi connectivity index (χ1n) is 13.0. The molecule has 4 aromatic carbocycles. The number of aromatic amines is 2. The van der Waals surface area contributed by atoms with Crippen molar-refractivity contribution in [1.29, 1.82) is 0 Å². The van der Waals surface area contributed by atoms with Gasteiger partial charge in [0.25, 0.3) is 0 Å². The third kappa shape index (κ3) is 3.62. The van der Waals surface area contributed by atoms with E-state index in [4.69, 9.17) is 29.9 Å². The maximum Gasteiger partial charge on any atom is 2.00 e. The molecule has 7 aromatic rings. The van der Waals surface area contributed by atoms with Gasteiger partial charge in [0, 0.05) is 43.8 Å². The van der Waals surface area contributed by atoms with E-state index >= 15 is 0 Å². The minimum Gasteiger partial charge on any atom is -0.324 e. The van der Waals surface area contributed by atoms with Gasteiger partial charge in [-0.1, -0.05) is 97.1 Å². The van der Waals surface area contributed by atoms with E-state index in [1.807, 2.05) is 97.1 Å². The standard InChI is InChI=1S/C32H18N8.Zr/c1-2-10-18-17(9-1)25-33-26(18)38-28-21-13-5-6-14-22(21)30(35-28)40-32-24-16-8-7-15-23(24)31(36-32)39-29-20-12-4-3-11-19(20)27(34-29)37-25;/h1-16H,(H2,33,34,35,36,37,38,39,40);/q;+2. The summed E-state index contributed by atoms with van der Waals surface area (Å²) in [7, 11) is 0. The molecule has 0 fully saturated rings. The van der Waals surface area contributed by atoms with Crippen molar-refractivity contribution >= 4 is 44.1 Å². The molecular weight excluding hydrogens is 588 g/mol. The van der Waals surface area contributed by atoms with Gasteiger partial charge in [0.15, 0.2) is 23.3 Å². The number of hydrogen-bond donors (Lipinski definition) is 2. The summed E-state index contributed by atoms with van der Waals surface area (Å²) < 4.78 is 0. The molecule has 0 radical (unpaired) electrons. The van der Waals surface area contributed by atoms with Gasteiger partial charge in [-0.25, -0.2) is 29.9 Å². The van der Waals surface area contributed by atoms with Crippen molar-refractivity contribution in [3.63, 3.8) is 0 Å². The van der Waals surface area contributed by atoms with Gasteiger partial charge in [-0.3, -0.25) is 0 Å². The number of fused-ring (bicyclic) bond motifs is 20. The van der Waals surface area contributed by atoms with Crippen LogP contribution in [0.15, 0.2) is 97.1 Å². The molecule has 8 nitrogen and oxygen atoms in total. The van der Waals surface area contributed by atoms with Gasteiger partial charge in [0.2, 0.25) is 0 Å². The Balaban J connectivity index is 0.00000256. The monoisotopic (exact) mass is 604 g/mol. The first kappa shape index (κ1) is 24.0. The van der Waals surface area contributed by atoms with Crippen LogP contribution in [0.25, 0.3) is 89.7 Å². The van der Waals surface area contributed by atoms with Crippen molar-refractivity contribution in [3.8, 4) is 45.6 Å². The third-order valence-corrected chi connectivity index (χ3v) is 7.46. The van der Waals surface area contributed by atoms with Crippen molar-refractivity contribution in [2.45, 2.75) is 0 Å². The predicted octanol–water partition coefficient (Wildman–Crippen LogP) is 6.87. The van der Waals surface area contributed by atoms with E-state index in [0.717, 1.165) is 43.8 Å². The van der Waals surface area contributed by atoms with Crippen LogP contribution in [0, 0.1) is 0 Å². The summed E-state index contributed by atoms with van der Waals surface area (Å²) in [5.74, 6) is 2.39. The SMILES string of the molecule is [Zr+2].c1ccc2c(c1)-c1nc-2nc2[nH]c(nc3nc(nc4[nH]c(n1)c1ccccc41)-c1ccccc1-3)c1ccccc21. The molecule has 0 spiro atoms. The van der Waals surface area contributed by atoms with Gasteiger partial charge >= 0.3 is 26.2 Å². The van der Waals surface area contributed by atoms with Crippen molar-refractivity contribution in [2.75, 3.05) is 0 Å². The maximum atomic E-state index is 5.02. The Kier molecular flexibility index (Phi) is 5.31. The van der Waals surface area contributed by atoms with Crippen LogP contribution in [0.1, 0.15) is 0 Å². The summed E-state index contributed by atoms with van der Waals surface area (Å²) in [5, 5.41) is 3.82. The minimum atomic E-state index is 0. The Morgan fingerprint density at radius 2 is 0.561 bits per heavy atom. The fourth-order valence-corrected chi connectivity index (χ4v) is 5.59. The van der Waals surface area contributed by atoms with Crippen LogP contribution in [0.5, 0.6) is 0 Å². The molecule has 8 bridgehead atoms. The number of hydrogen-bond acceptors (Lipinski definition) is 6. The minimum absolute atomic E-state index is 0. The molecule has 188 valence electrons. The number of rotatable bonds is 0. The van der Waals surface area contributed by atoms with Crippen LogP contribution in [-0.4, -0.2) is 39.9 Å². The first-order chi connectivity index (χ1) is 19.8. The molecular formula is C32H18N8Zr+2. The Morgan fingerprint density at radius 1 is 0.317 bits per heavy atom. The summed E-state index contributed by atoms with van der Waals surface area (Å²) in [6.45, 7) is 0. The van der Waals surface area contributed by atoms with E-state index in [9.17, 15) is 0 Å². The predicted molar refractivity (Wildman–Crippen MR) is 156 cm³/mol. The number of benzene rings is 4. The quantitative estimate of drug-likeness (QED) is 0.195. The van der Waals surface area contributed by atoms with E-state index < -0.39 is 0 Å². The fraction of sp³-hybridized carbons (Fsp3) is 0. The van der Waals surface area contributed by atoms with Crippen molar-refractivity contribution in [2.24, 2.45) is 0 Å². The number of H-pyrrole nitrogens is 2. The molecule has 41 heavy (non-hydrogen) atoms. The van der Waals surface area contributed by atoms with Gasteiger partial charge in [-0.15, -0.1) is 0 Å². The second kappa shape index (κ2) is 9.08. The van der Waals surface area contributed by atoms with Crippen molar-refractivity contribution < 1.29 is 26.2 Å². The molecule has 2 aliphatic heterocycles. The van der Waals surface area contributed by atoms with Crippen LogP contribution in [0.3, 0.4) is 0 Å². The van der Waals surface area contributed by atoms with E-state index in [1.165, 1.54) is 0 Å². The molecule has 9 heteroatoms. The van der Waals surface area contributed by atoms with Crippen molar-refractivity contribution in [3.05, 3.63) is 97.1 Å². The Bertz CT molecular complexity index is 2030. The second-order valence-electron chi connectivity index (χ2n) is 9.79. The molecule has 3 aromatic heterocycles. The van der Waals surface area contributed by atoms with Crippen LogP contribution < -0.4 is 0 Å². The molecule has 2 N–H and O–H groups in total. The average molecular weight is 606 g/mol. The second-order valence-corrected chi connectivity index (χ2v) is 9.79. The molecule has 0 atom stereocenters. The van der Waals surface area contributed by atoms with Gasteiger partial charge < -0.3 is 9.97 Å². The van der Waals surface area contributed by atoms with E-state index in [2.05, 4.69) is 9.97 Å². The summed E-state index contributed by atoms with van der Waals surface area (Å²) in [4.78, 5) is 36.8. The molecule has 0 aliphatic carbocycles. The molecule has 0 unspecified atom stereocenters. The average Bonchev–Trinajstić information content (AvgIpc) is 3.73. The maximum absolute atomic E-state index is 5.02. The third-order valence-electron chi connectivity index (χ3n) is 7.46. The van der Waals surface area contributed by atoms with Crippen molar-refractivity contribution in [1.82, 2.24) is 39.9 Å². The van der Waals surface area contributed by atoms with Crippen LogP contribution in [-0.2, 0) is 26.2 Å². The summed E-state index contributed by atoms with van der Waals surface area (Å²) in [5.41, 5.74) is 6.45. The number of nitrogens with one attached hydrogen (secondary N) is 2. The van der Waals surface area contributed by atoms with Gasteiger partial charge in [0.05, 0.1) is 0 Å². The molecule has 0 saturated heterocycles. The first-order valence-corrected chi connectivity index (χ1v) is 13.0. The Hall–Kier alpha value is -4.88. The Morgan fingerprint density at radius 3 is 0.829 bits per heavy atom. The molecule has 0 amide bonds. The Labute approximate surface area is 251 Å². The summed E-state index contributed by atoms with van der Waals surface area (Å²) >= 11 is 0. The molecule has 5 heterocycles. The van der Waals surface area contributed by atoms with Crippen LogP contribution >= 0.6 is 0 Å². The zero-order chi connectivity index (χ0) is 26.2. The largest absolute Gasteiger partial charge is 2.00 e. The van der Waals surface area contributed by atoms with E-state index in [1.54, 1.807) is 0 Å². The fourth-order valence-electron chi connectivity index (χ4n) is 5.59. The summed E-state index contributed by atoms with van der Waals surface area (Å²) in [6, 6.07) is 32.2. The zero-order valence-electron chi connectivity index (χ0n) is 21.4. The zero-order valence-corrected chi connectivity index (χ0v) is 23.9. The summed E-state index contributed by atoms with van der Waals surface area (Å²) in [6.07, 6.45) is 0. The number of aromatic nitrogens is 8. The van der Waals surface area contributed by atoms with E-state index in [0.29, 0.717) is 45.9 Å². The number of nitrogens with zero attached hydrogens (tertiary/aromatic N) is 6. The van der Waals surface area contributed by atoms with Gasteiger partial charge in [-0.2, -0.15) is 0 Å². The van der Waals surface area contributed by atoms with E-state index in [-0.39, 0.29) is 26.2 Å². The normalized spacial score (nSPS) is 11.7. The van der Waals surface area contributed by atoms with Gasteiger partial charge in [0.1, 0.15) is 22.6 Å². The smallest absolute Gasteiger partial charge is 0.324 e. The molecule has 0 saturated carbocycles.